The minimum Gasteiger partial charge on any atom is -0.361 e. The number of halogens is 1. The maximum absolute atomic E-state index is 12.5. The van der Waals surface area contributed by atoms with Gasteiger partial charge in [-0.25, -0.2) is 18.1 Å². The first-order valence-corrected chi connectivity index (χ1v) is 18.8. The van der Waals surface area contributed by atoms with Crippen LogP contribution in [0.1, 0.15) is 18.9 Å². The summed E-state index contributed by atoms with van der Waals surface area (Å²) >= 11 is 5.34. The number of ether oxygens (including phenoxy) is 1. The van der Waals surface area contributed by atoms with Crippen LogP contribution in [0.5, 0.6) is 0 Å². The Bertz CT molecular complexity index is 1230. The number of hydrogen-bond donors (Lipinski definition) is 1. The van der Waals surface area contributed by atoms with Crippen molar-refractivity contribution in [2.24, 2.45) is 5.92 Å². The van der Waals surface area contributed by atoms with Crippen molar-refractivity contribution in [1.82, 2.24) is 14.3 Å². The quantitative estimate of drug-likeness (QED) is 0.138. The van der Waals surface area contributed by atoms with E-state index in [0.29, 0.717) is 18.2 Å². The van der Waals surface area contributed by atoms with Gasteiger partial charge in [0.15, 0.2) is 0 Å². The van der Waals surface area contributed by atoms with Gasteiger partial charge in [-0.1, -0.05) is 44.3 Å². The van der Waals surface area contributed by atoms with Crippen LogP contribution in [0.15, 0.2) is 57.0 Å². The van der Waals surface area contributed by atoms with Crippen LogP contribution in [-0.2, 0) is 21.5 Å². The average molecular weight is 599 g/mol. The average Bonchev–Trinajstić information content (AvgIpc) is 3.16. The molecule has 0 radical (unpaired) electrons. The summed E-state index contributed by atoms with van der Waals surface area (Å²) in [4.78, 5) is 5.19. The number of pyridine rings is 1. The van der Waals surface area contributed by atoms with Crippen LogP contribution in [0, 0.1) is 12.8 Å². The van der Waals surface area contributed by atoms with Crippen LogP contribution < -0.4 is 4.72 Å². The number of aromatic nitrogens is 2. The summed E-state index contributed by atoms with van der Waals surface area (Å²) in [5.41, 5.74) is 1.96. The molecule has 0 spiro atoms. The summed E-state index contributed by atoms with van der Waals surface area (Å²) in [5.74, 6) is 1.05. The van der Waals surface area contributed by atoms with Crippen LogP contribution in [0.2, 0.25) is 25.7 Å². The lowest BCUT2D eigenvalue weighted by Crippen LogP contribution is -2.28. The van der Waals surface area contributed by atoms with E-state index in [-0.39, 0.29) is 5.92 Å². The molecular weight excluding hydrogens is 562 g/mol. The fourth-order valence-electron chi connectivity index (χ4n) is 3.33. The van der Waals surface area contributed by atoms with Crippen LogP contribution in [0.4, 0.5) is 0 Å². The second kappa shape index (κ2) is 12.4. The number of aryl methyl sites for hydroxylation is 1. The zero-order valence-electron chi connectivity index (χ0n) is 21.2. The van der Waals surface area contributed by atoms with Gasteiger partial charge in [-0.05, 0) is 71.3 Å². The van der Waals surface area contributed by atoms with E-state index in [9.17, 15) is 8.42 Å². The molecule has 1 atom stereocenters. The third-order valence-corrected chi connectivity index (χ3v) is 10.7. The Kier molecular flexibility index (Phi) is 10.0. The van der Waals surface area contributed by atoms with Gasteiger partial charge in [-0.2, -0.15) is 0 Å². The van der Waals surface area contributed by atoms with Gasteiger partial charge in [-0.15, -0.1) is 11.8 Å². The maximum atomic E-state index is 12.5. The van der Waals surface area contributed by atoms with Gasteiger partial charge < -0.3 is 9.30 Å². The predicted octanol–water partition coefficient (Wildman–Crippen LogP) is 6.52. The lowest BCUT2D eigenvalue weighted by molar-refractivity contribution is 0.0898. The molecule has 2 heterocycles. The van der Waals surface area contributed by atoms with Crippen molar-refractivity contribution in [2.45, 2.75) is 62.6 Å². The Morgan fingerprint density at radius 3 is 2.60 bits per heavy atom. The molecule has 0 aliphatic rings. The minimum atomic E-state index is -3.49. The highest BCUT2D eigenvalue weighted by Crippen LogP contribution is 2.30. The summed E-state index contributed by atoms with van der Waals surface area (Å²) in [5, 5.41) is 2.01. The van der Waals surface area contributed by atoms with Gasteiger partial charge in [0.1, 0.15) is 17.4 Å². The van der Waals surface area contributed by atoms with Gasteiger partial charge in [0, 0.05) is 32.8 Å². The summed E-state index contributed by atoms with van der Waals surface area (Å²) in [7, 11) is -4.59. The Morgan fingerprint density at radius 2 is 1.91 bits per heavy atom. The molecule has 10 heteroatoms. The molecule has 0 saturated heterocycles. The van der Waals surface area contributed by atoms with Gasteiger partial charge in [0.2, 0.25) is 10.0 Å². The molecule has 3 aromatic rings. The Hall–Kier alpha value is -1.17. The van der Waals surface area contributed by atoms with Crippen LogP contribution in [0.25, 0.3) is 11.0 Å². The lowest BCUT2D eigenvalue weighted by atomic mass is 10.1. The minimum absolute atomic E-state index is 0.203. The number of thioether (sulfide) groups is 1. The number of nitrogens with one attached hydrogen (secondary N) is 1. The number of hydrogen-bond acceptors (Lipinski definition) is 5. The normalized spacial score (nSPS) is 13.4. The monoisotopic (exact) mass is 597 g/mol. The highest BCUT2D eigenvalue weighted by molar-refractivity contribution is 9.10. The van der Waals surface area contributed by atoms with E-state index < -0.39 is 18.1 Å². The molecule has 35 heavy (non-hydrogen) atoms. The molecule has 0 amide bonds. The summed E-state index contributed by atoms with van der Waals surface area (Å²) < 4.78 is 36.7. The van der Waals surface area contributed by atoms with E-state index in [0.717, 1.165) is 50.9 Å². The van der Waals surface area contributed by atoms with Crippen LogP contribution >= 0.6 is 27.7 Å². The summed E-state index contributed by atoms with van der Waals surface area (Å²) in [6.07, 6.45) is 2.89. The summed E-state index contributed by atoms with van der Waals surface area (Å²) in [6.45, 7) is 12.7. The van der Waals surface area contributed by atoms with E-state index >= 15 is 0 Å². The third-order valence-electron chi connectivity index (χ3n) is 5.69. The molecule has 0 aliphatic carbocycles. The van der Waals surface area contributed by atoms with E-state index in [1.807, 2.05) is 25.3 Å². The number of sulfonamides is 1. The van der Waals surface area contributed by atoms with Gasteiger partial charge in [-0.3, -0.25) is 0 Å². The third kappa shape index (κ3) is 8.72. The van der Waals surface area contributed by atoms with Gasteiger partial charge in [0.25, 0.3) is 0 Å². The molecule has 1 N–H and O–H groups in total. The lowest BCUT2D eigenvalue weighted by Gasteiger charge is -2.16. The molecule has 192 valence electrons. The number of benzene rings is 1. The second-order valence-electron chi connectivity index (χ2n) is 10.2. The number of fused-ring (bicyclic) bond motifs is 1. The zero-order valence-corrected chi connectivity index (χ0v) is 25.4. The van der Waals surface area contributed by atoms with E-state index in [2.05, 4.69) is 63.9 Å². The molecule has 1 unspecified atom stereocenters. The van der Waals surface area contributed by atoms with Crippen molar-refractivity contribution in [3.63, 3.8) is 0 Å². The number of rotatable bonds is 13. The molecule has 0 fully saturated rings. The highest BCUT2D eigenvalue weighted by atomic mass is 79.9. The molecular formula is C25H36BrN3O3S2Si. The van der Waals surface area contributed by atoms with Crippen LogP contribution in [-0.4, -0.2) is 44.9 Å². The number of nitrogens with zero attached hydrogens (tertiary/aromatic N) is 2. The SMILES string of the molecule is Cc1ccc(S(=O)(=O)NCC(C)CCSc2nc3c(ccn3COCC[Si](C)(C)C)cc2Br)cc1. The zero-order chi connectivity index (χ0) is 25.6. The Morgan fingerprint density at radius 1 is 1.20 bits per heavy atom. The first kappa shape index (κ1) is 28.4. The Balaban J connectivity index is 1.51. The van der Waals surface area contributed by atoms with Gasteiger partial charge >= 0.3 is 0 Å². The predicted molar refractivity (Wildman–Crippen MR) is 152 cm³/mol. The maximum Gasteiger partial charge on any atom is 0.240 e. The fourth-order valence-corrected chi connectivity index (χ4v) is 6.99. The highest BCUT2D eigenvalue weighted by Gasteiger charge is 2.16. The molecule has 0 saturated carbocycles. The van der Waals surface area contributed by atoms with Crippen LogP contribution in [0.3, 0.4) is 0 Å². The largest absolute Gasteiger partial charge is 0.361 e. The molecule has 0 aliphatic heterocycles. The smallest absolute Gasteiger partial charge is 0.240 e. The standard InChI is InChI=1S/C25H36BrN3O3S2Si/c1-19-6-8-22(9-7-19)34(30,31)27-17-20(2)11-14-33-25-23(26)16-21-10-12-29(24(21)28-25)18-32-13-15-35(3,4)5/h6-10,12,16,20,27H,11,13-15,17-18H2,1-5H3. The first-order chi connectivity index (χ1) is 16.4. The Labute approximate surface area is 223 Å². The van der Waals surface area contributed by atoms with E-state index in [1.165, 1.54) is 0 Å². The van der Waals surface area contributed by atoms with Crippen molar-refractivity contribution in [3.8, 4) is 0 Å². The first-order valence-electron chi connectivity index (χ1n) is 11.9. The van der Waals surface area contributed by atoms with Crippen molar-refractivity contribution < 1.29 is 13.2 Å². The van der Waals surface area contributed by atoms with Crippen molar-refractivity contribution in [1.29, 1.82) is 0 Å². The summed E-state index contributed by atoms with van der Waals surface area (Å²) in [6, 6.07) is 12.2. The van der Waals surface area contributed by atoms with E-state index in [1.54, 1.807) is 23.9 Å². The van der Waals surface area contributed by atoms with Crippen molar-refractivity contribution >= 4 is 56.8 Å². The molecule has 6 nitrogen and oxygen atoms in total. The molecule has 0 bridgehead atoms. The molecule has 2 aromatic heterocycles. The topological polar surface area (TPSA) is 73.2 Å². The van der Waals surface area contributed by atoms with Crippen molar-refractivity contribution in [2.75, 3.05) is 18.9 Å². The van der Waals surface area contributed by atoms with Crippen molar-refractivity contribution in [3.05, 3.63) is 52.6 Å². The molecule has 3 rings (SSSR count). The van der Waals surface area contributed by atoms with E-state index in [4.69, 9.17) is 9.72 Å². The fraction of sp³-hybridized carbons (Fsp3) is 0.480. The second-order valence-corrected chi connectivity index (χ2v) is 19.6. The molecule has 1 aromatic carbocycles. The van der Waals surface area contributed by atoms with Gasteiger partial charge in [0.05, 0.1) is 9.37 Å².